The minimum atomic E-state index is -1.37. The Morgan fingerprint density at radius 1 is 0.305 bits per heavy atom. The van der Waals surface area contributed by atoms with Gasteiger partial charge in [-0.1, -0.05) is 243 Å². The van der Waals surface area contributed by atoms with Crippen LogP contribution in [0.3, 0.4) is 0 Å². The van der Waals surface area contributed by atoms with Crippen molar-refractivity contribution in [1.29, 1.82) is 0 Å². The zero-order valence-corrected chi connectivity index (χ0v) is 45.8. The van der Waals surface area contributed by atoms with E-state index in [2.05, 4.69) is 5.32 Å². The lowest BCUT2D eigenvalue weighted by atomic mass is 9.96. The summed E-state index contributed by atoms with van der Waals surface area (Å²) in [4.78, 5) is 15.2. The number of benzene rings is 8. The number of carbonyl (C=O) groups excluding carboxylic acids is 1. The highest BCUT2D eigenvalue weighted by molar-refractivity contribution is 5.67. The molecule has 0 unspecified atom stereocenters. The number of hydrogen-bond acceptors (Lipinski definition) is 12. The Balaban J connectivity index is 0.984. The molecule has 13 heteroatoms. The fourth-order valence-electron chi connectivity index (χ4n) is 10.0. The molecule has 8 aromatic rings. The normalized spacial score (nSPS) is 22.5. The average Bonchev–Trinajstić information content (AvgIpc) is 3.55. The molecule has 424 valence electrons. The second-order valence-corrected chi connectivity index (χ2v) is 20.3. The van der Waals surface area contributed by atoms with E-state index in [9.17, 15) is 0 Å². The fraction of sp³-hybridized carbons (Fsp3) is 0.290. The monoisotopic (exact) mass is 1110 g/mol. The first kappa shape index (κ1) is 57.8. The molecule has 0 radical (unpaired) electrons. The first-order chi connectivity index (χ1) is 40.6. The van der Waals surface area contributed by atoms with Gasteiger partial charge in [0.2, 0.25) is 6.29 Å². The number of amides is 1. The van der Waals surface area contributed by atoms with E-state index < -0.39 is 67.4 Å². The molecule has 1 N–H and O–H groups in total. The number of hydrogen-bond donors (Lipinski definition) is 1. The van der Waals surface area contributed by atoms with Crippen molar-refractivity contribution in [1.82, 2.24) is 5.32 Å². The van der Waals surface area contributed by atoms with Crippen LogP contribution in [0, 0.1) is 0 Å². The maximum absolute atomic E-state index is 15.2. The van der Waals surface area contributed by atoms with Crippen LogP contribution in [-0.4, -0.2) is 80.7 Å². The molecule has 0 saturated carbocycles. The molecule has 10 atom stereocenters. The summed E-state index contributed by atoms with van der Waals surface area (Å²) in [5, 5.41) is 3.08. The summed E-state index contributed by atoms with van der Waals surface area (Å²) in [5.74, 6) is 0. The van der Waals surface area contributed by atoms with Gasteiger partial charge in [0.15, 0.2) is 6.23 Å². The third-order valence-electron chi connectivity index (χ3n) is 14.2. The first-order valence-corrected chi connectivity index (χ1v) is 28.0. The maximum Gasteiger partial charge on any atom is 0.411 e. The molecule has 0 aromatic heterocycles. The summed E-state index contributed by atoms with van der Waals surface area (Å²) >= 11 is 0. The van der Waals surface area contributed by atoms with Crippen molar-refractivity contribution in [2.75, 3.05) is 13.2 Å². The van der Waals surface area contributed by atoms with Gasteiger partial charge < -0.3 is 52.1 Å². The first-order valence-electron chi connectivity index (χ1n) is 28.0. The summed E-state index contributed by atoms with van der Waals surface area (Å²) in [7, 11) is 0. The Bertz CT molecular complexity index is 2820. The van der Waals surface area contributed by atoms with E-state index in [0.717, 1.165) is 44.5 Å². The fourth-order valence-corrected chi connectivity index (χ4v) is 10.0. The predicted molar refractivity (Wildman–Crippen MR) is 309 cm³/mol. The van der Waals surface area contributed by atoms with Gasteiger partial charge in [-0.25, -0.2) is 4.79 Å². The third-order valence-corrected chi connectivity index (χ3v) is 14.2. The molecular weight excluding hydrogens is 1030 g/mol. The van der Waals surface area contributed by atoms with Crippen molar-refractivity contribution in [3.05, 3.63) is 287 Å². The van der Waals surface area contributed by atoms with Crippen molar-refractivity contribution in [3.8, 4) is 0 Å². The summed E-state index contributed by atoms with van der Waals surface area (Å²) in [5.41, 5.74) is 7.53. The molecule has 2 heterocycles. The van der Waals surface area contributed by atoms with Crippen LogP contribution in [0.15, 0.2) is 243 Å². The summed E-state index contributed by atoms with van der Waals surface area (Å²) in [6.45, 7) is 1.91. The van der Waals surface area contributed by atoms with Gasteiger partial charge in [0.1, 0.15) is 48.8 Å². The molecule has 8 aromatic carbocycles. The van der Waals surface area contributed by atoms with Crippen molar-refractivity contribution in [2.24, 2.45) is 0 Å². The second-order valence-electron chi connectivity index (χ2n) is 20.3. The molecular formula is C69H71NO12. The van der Waals surface area contributed by atoms with E-state index in [1.54, 1.807) is 0 Å². The van der Waals surface area contributed by atoms with Crippen LogP contribution < -0.4 is 5.32 Å². The molecule has 2 saturated heterocycles. The van der Waals surface area contributed by atoms with Crippen LogP contribution in [0.4, 0.5) is 4.79 Å². The molecule has 2 aliphatic heterocycles. The van der Waals surface area contributed by atoms with Crippen LogP contribution in [0.25, 0.3) is 0 Å². The number of alkyl carbamates (subject to hydrolysis) is 1. The third kappa shape index (κ3) is 17.3. The molecule has 2 aliphatic rings. The van der Waals surface area contributed by atoms with Gasteiger partial charge in [-0.15, -0.1) is 0 Å². The predicted octanol–water partition coefficient (Wildman–Crippen LogP) is 12.1. The van der Waals surface area contributed by atoms with Crippen molar-refractivity contribution in [3.63, 3.8) is 0 Å². The van der Waals surface area contributed by atoms with Gasteiger partial charge in [-0.3, -0.25) is 5.32 Å². The zero-order valence-electron chi connectivity index (χ0n) is 45.8. The minimum absolute atomic E-state index is 0.0586. The lowest BCUT2D eigenvalue weighted by Crippen LogP contribution is -2.66. The van der Waals surface area contributed by atoms with Crippen LogP contribution >= 0.6 is 0 Å². The highest BCUT2D eigenvalue weighted by Crippen LogP contribution is 2.34. The Kier molecular flexibility index (Phi) is 22.0. The quantitative estimate of drug-likeness (QED) is 0.0501. The van der Waals surface area contributed by atoms with E-state index in [1.807, 2.05) is 243 Å². The summed E-state index contributed by atoms with van der Waals surface area (Å²) < 4.78 is 74.9. The lowest BCUT2D eigenvalue weighted by molar-refractivity contribution is -0.317. The van der Waals surface area contributed by atoms with Crippen molar-refractivity contribution >= 4 is 6.09 Å². The van der Waals surface area contributed by atoms with Crippen LogP contribution in [0.2, 0.25) is 0 Å². The largest absolute Gasteiger partial charge is 0.417 e. The number of carbonyl (C=O) groups is 1. The van der Waals surface area contributed by atoms with E-state index in [4.69, 9.17) is 52.1 Å². The smallest absolute Gasteiger partial charge is 0.411 e. The van der Waals surface area contributed by atoms with Gasteiger partial charge in [0, 0.05) is 0 Å². The molecule has 10 rings (SSSR count). The van der Waals surface area contributed by atoms with E-state index >= 15 is 4.79 Å². The van der Waals surface area contributed by atoms with Gasteiger partial charge in [0.05, 0.1) is 66.1 Å². The van der Waals surface area contributed by atoms with E-state index in [0.29, 0.717) is 13.2 Å². The lowest BCUT2D eigenvalue weighted by Gasteiger charge is -2.47. The molecule has 13 nitrogen and oxygen atoms in total. The van der Waals surface area contributed by atoms with Gasteiger partial charge in [0.25, 0.3) is 0 Å². The summed E-state index contributed by atoms with van der Waals surface area (Å²) in [6.07, 6.45) is -10.2. The van der Waals surface area contributed by atoms with E-state index in [1.165, 1.54) is 0 Å². The second kappa shape index (κ2) is 31.2. The average molecular weight is 1110 g/mol. The van der Waals surface area contributed by atoms with Crippen molar-refractivity contribution in [2.45, 2.75) is 114 Å². The molecule has 0 spiro atoms. The van der Waals surface area contributed by atoms with Crippen LogP contribution in [0.5, 0.6) is 0 Å². The van der Waals surface area contributed by atoms with Crippen LogP contribution in [-0.2, 0) is 105 Å². The van der Waals surface area contributed by atoms with E-state index in [-0.39, 0.29) is 52.9 Å². The maximum atomic E-state index is 15.2. The standard InChI is InChI=1S/C69H71NO12/c71-69(70-67-65(78-47-57-37-21-7-22-38-57)63(76-45-55-33-17-5-18-34-55)61(74-43-53-29-13-3-14-30-53)59(80-67)49-72-41-51-25-9-1-10-26-51)82-68-66(79-48-58-39-23-8-24-40-58)64(77-46-56-35-19-6-20-36-56)62(75-44-54-31-15-4-16-32-54)60(81-68)50-73-42-52-27-11-2-12-28-52/h1-40,59-68H,41-50H2,(H,70,71)/t59-,60-,61-,62-,63+,64+,65-,66-,67-,68+/m1/s1. The minimum Gasteiger partial charge on any atom is -0.417 e. The molecule has 0 bridgehead atoms. The number of nitrogens with one attached hydrogen (secondary N) is 1. The highest BCUT2D eigenvalue weighted by Gasteiger charge is 2.52. The number of ether oxygens (including phenoxy) is 11. The molecule has 0 aliphatic carbocycles. The Morgan fingerprint density at radius 3 is 0.890 bits per heavy atom. The summed E-state index contributed by atoms with van der Waals surface area (Å²) in [6, 6.07) is 79.0. The Hall–Kier alpha value is -7.37. The highest BCUT2D eigenvalue weighted by atomic mass is 16.7. The zero-order chi connectivity index (χ0) is 55.8. The van der Waals surface area contributed by atoms with Crippen LogP contribution in [0.1, 0.15) is 44.5 Å². The Labute approximate surface area is 480 Å². The van der Waals surface area contributed by atoms with Gasteiger partial charge >= 0.3 is 6.09 Å². The molecule has 1 amide bonds. The topological polar surface area (TPSA) is 131 Å². The molecule has 2 fully saturated rings. The SMILES string of the molecule is O=C(N[C@@H]1O[C@H](COCc2ccccc2)[C@@H](OCc2ccccc2)[C@H](OCc2ccccc2)[C@H]1OCc1ccccc1)O[C@@H]1O[C@H](COCc2ccccc2)[C@@H](OCc2ccccc2)[C@H](OCc2ccccc2)[C@H]1OCc1ccccc1. The molecule has 82 heavy (non-hydrogen) atoms. The van der Waals surface area contributed by atoms with Crippen molar-refractivity contribution < 1.29 is 56.9 Å². The Morgan fingerprint density at radius 2 is 0.561 bits per heavy atom. The van der Waals surface area contributed by atoms with Gasteiger partial charge in [-0.2, -0.15) is 0 Å². The van der Waals surface area contributed by atoms with Gasteiger partial charge in [-0.05, 0) is 44.5 Å². The number of rotatable bonds is 28.